The maximum Gasteiger partial charge on any atom is 0.261 e. The van der Waals surface area contributed by atoms with E-state index in [0.717, 1.165) is 28.7 Å². The molecule has 3 aromatic carbocycles. The maximum absolute atomic E-state index is 13.6. The van der Waals surface area contributed by atoms with Gasteiger partial charge in [-0.1, -0.05) is 47.2 Å². The first-order valence-electron chi connectivity index (χ1n) is 11.2. The number of rotatable bonds is 9. The summed E-state index contributed by atoms with van der Waals surface area (Å²) < 4.78 is 29.3. The van der Waals surface area contributed by atoms with Crippen molar-refractivity contribution in [2.45, 2.75) is 18.2 Å². The van der Waals surface area contributed by atoms with Gasteiger partial charge in [-0.25, -0.2) is 13.4 Å². The van der Waals surface area contributed by atoms with Crippen LogP contribution in [-0.2, 0) is 10.0 Å². The highest BCUT2D eigenvalue weighted by Crippen LogP contribution is 2.30. The van der Waals surface area contributed by atoms with Gasteiger partial charge in [-0.15, -0.1) is 0 Å². The lowest BCUT2D eigenvalue weighted by Gasteiger charge is -2.21. The van der Waals surface area contributed by atoms with Crippen LogP contribution >= 0.6 is 11.3 Å². The summed E-state index contributed by atoms with van der Waals surface area (Å²) in [7, 11) is 0.210. The van der Waals surface area contributed by atoms with Gasteiger partial charge in [-0.3, -0.25) is 14.4 Å². The van der Waals surface area contributed by atoms with E-state index in [-0.39, 0.29) is 10.8 Å². The number of hydrogen-bond donors (Lipinski definition) is 1. The zero-order valence-corrected chi connectivity index (χ0v) is 21.6. The third-order valence-electron chi connectivity index (χ3n) is 5.44. The summed E-state index contributed by atoms with van der Waals surface area (Å²) in [6.45, 7) is 3.22. The van der Waals surface area contributed by atoms with Crippen molar-refractivity contribution in [3.8, 4) is 0 Å². The summed E-state index contributed by atoms with van der Waals surface area (Å²) in [5.41, 5.74) is 2.53. The molecule has 7 nitrogen and oxygen atoms in total. The SMILES string of the molecule is Cc1ccc(S(=O)(=O)Nc2cccc(C(=O)N(CCCN(C)C)c3nc4ccccc4s3)c2)cc1. The van der Waals surface area contributed by atoms with Crippen LogP contribution < -0.4 is 9.62 Å². The van der Waals surface area contributed by atoms with Crippen molar-refractivity contribution in [3.63, 3.8) is 0 Å². The number of thiazole rings is 1. The van der Waals surface area contributed by atoms with Crippen LogP contribution in [0.2, 0.25) is 0 Å². The summed E-state index contributed by atoms with van der Waals surface area (Å²) in [4.78, 5) is 22.2. The Bertz CT molecular complexity index is 1400. The monoisotopic (exact) mass is 508 g/mol. The standard InChI is InChI=1S/C26H28N4O3S2/c1-19-12-14-22(15-13-19)35(32,33)28-21-9-6-8-20(18-21)25(31)30(17-7-16-29(2)3)26-27-23-10-4-5-11-24(23)34-26/h4-6,8-15,18,28H,7,16-17H2,1-3H3. The van der Waals surface area contributed by atoms with E-state index in [1.54, 1.807) is 53.4 Å². The maximum atomic E-state index is 13.6. The van der Waals surface area contributed by atoms with Crippen LogP contribution in [0.15, 0.2) is 77.7 Å². The molecule has 0 unspecified atom stereocenters. The number of aryl methyl sites for hydroxylation is 1. The molecule has 0 aliphatic heterocycles. The Morgan fingerprint density at radius 2 is 1.71 bits per heavy atom. The molecular formula is C26H28N4O3S2. The van der Waals surface area contributed by atoms with Gasteiger partial charge in [-0.05, 0) is 76.4 Å². The van der Waals surface area contributed by atoms with Crippen molar-refractivity contribution in [1.29, 1.82) is 0 Å². The molecule has 1 heterocycles. The smallest absolute Gasteiger partial charge is 0.261 e. The molecule has 0 radical (unpaired) electrons. The van der Waals surface area contributed by atoms with Crippen LogP contribution in [-0.4, -0.2) is 51.4 Å². The first-order chi connectivity index (χ1) is 16.7. The molecule has 182 valence electrons. The third kappa shape index (κ3) is 6.05. The summed E-state index contributed by atoms with van der Waals surface area (Å²) in [6.07, 6.45) is 0.772. The molecule has 0 fully saturated rings. The lowest BCUT2D eigenvalue weighted by molar-refractivity contribution is 0.0986. The van der Waals surface area contributed by atoms with Crippen molar-refractivity contribution in [2.24, 2.45) is 0 Å². The first kappa shape index (κ1) is 24.8. The Labute approximate surface area is 210 Å². The lowest BCUT2D eigenvalue weighted by Crippen LogP contribution is -2.33. The summed E-state index contributed by atoms with van der Waals surface area (Å²) >= 11 is 1.47. The van der Waals surface area contributed by atoms with Crippen LogP contribution in [0, 0.1) is 6.92 Å². The number of sulfonamides is 1. The average molecular weight is 509 g/mol. The number of para-hydroxylation sites is 1. The van der Waals surface area contributed by atoms with Crippen LogP contribution in [0.25, 0.3) is 10.2 Å². The van der Waals surface area contributed by atoms with Crippen LogP contribution in [0.5, 0.6) is 0 Å². The van der Waals surface area contributed by atoms with E-state index in [0.29, 0.717) is 22.9 Å². The van der Waals surface area contributed by atoms with E-state index >= 15 is 0 Å². The van der Waals surface area contributed by atoms with E-state index in [4.69, 9.17) is 0 Å². The number of carbonyl (C=O) groups excluding carboxylic acids is 1. The van der Waals surface area contributed by atoms with Crippen LogP contribution in [0.3, 0.4) is 0 Å². The number of aromatic nitrogens is 1. The number of nitrogens with one attached hydrogen (secondary N) is 1. The highest BCUT2D eigenvalue weighted by atomic mass is 32.2. The molecule has 35 heavy (non-hydrogen) atoms. The fraction of sp³-hybridized carbons (Fsp3) is 0.231. The zero-order chi connectivity index (χ0) is 25.0. The van der Waals surface area contributed by atoms with Gasteiger partial charge in [0.05, 0.1) is 15.1 Å². The molecule has 0 bridgehead atoms. The van der Waals surface area contributed by atoms with Crippen molar-refractivity contribution in [1.82, 2.24) is 9.88 Å². The van der Waals surface area contributed by atoms with E-state index in [9.17, 15) is 13.2 Å². The van der Waals surface area contributed by atoms with E-state index in [1.165, 1.54) is 11.3 Å². The molecule has 0 saturated heterocycles. The summed E-state index contributed by atoms with van der Waals surface area (Å²) in [6, 6.07) is 21.0. The summed E-state index contributed by atoms with van der Waals surface area (Å²) in [5, 5.41) is 0.626. The molecular weight excluding hydrogens is 480 g/mol. The topological polar surface area (TPSA) is 82.6 Å². The largest absolute Gasteiger partial charge is 0.309 e. The van der Waals surface area contributed by atoms with Gasteiger partial charge in [0.2, 0.25) is 0 Å². The lowest BCUT2D eigenvalue weighted by atomic mass is 10.2. The van der Waals surface area contributed by atoms with Crippen LogP contribution in [0.4, 0.5) is 10.8 Å². The predicted octanol–water partition coefficient (Wildman–Crippen LogP) is 5.00. The van der Waals surface area contributed by atoms with Crippen LogP contribution in [0.1, 0.15) is 22.3 Å². The molecule has 4 aromatic rings. The average Bonchev–Trinajstić information content (AvgIpc) is 3.25. The number of anilines is 2. The van der Waals surface area contributed by atoms with E-state index < -0.39 is 10.0 Å². The minimum absolute atomic E-state index is 0.166. The quantitative estimate of drug-likeness (QED) is 0.344. The second kappa shape index (κ2) is 10.6. The molecule has 0 aliphatic carbocycles. The Morgan fingerprint density at radius 1 is 0.971 bits per heavy atom. The number of amides is 1. The Balaban J connectivity index is 1.61. The van der Waals surface area contributed by atoms with E-state index in [1.807, 2.05) is 45.3 Å². The Morgan fingerprint density at radius 3 is 2.43 bits per heavy atom. The van der Waals surface area contributed by atoms with Gasteiger partial charge in [0.25, 0.3) is 15.9 Å². The first-order valence-corrected chi connectivity index (χ1v) is 13.5. The zero-order valence-electron chi connectivity index (χ0n) is 19.9. The molecule has 0 atom stereocenters. The van der Waals surface area contributed by atoms with Gasteiger partial charge in [0, 0.05) is 17.8 Å². The number of benzene rings is 3. The van der Waals surface area contributed by atoms with E-state index in [2.05, 4.69) is 14.6 Å². The fourth-order valence-electron chi connectivity index (χ4n) is 3.61. The van der Waals surface area contributed by atoms with Crippen molar-refractivity contribution >= 4 is 48.3 Å². The highest BCUT2D eigenvalue weighted by Gasteiger charge is 2.22. The van der Waals surface area contributed by atoms with Crippen molar-refractivity contribution < 1.29 is 13.2 Å². The fourth-order valence-corrected chi connectivity index (χ4v) is 5.65. The number of carbonyl (C=O) groups is 1. The number of hydrogen-bond acceptors (Lipinski definition) is 6. The molecule has 1 aromatic heterocycles. The molecule has 0 saturated carbocycles. The molecule has 9 heteroatoms. The minimum Gasteiger partial charge on any atom is -0.309 e. The van der Waals surface area contributed by atoms with Crippen molar-refractivity contribution in [2.75, 3.05) is 36.8 Å². The Kier molecular flexibility index (Phi) is 7.49. The minimum atomic E-state index is -3.78. The van der Waals surface area contributed by atoms with Gasteiger partial charge >= 0.3 is 0 Å². The van der Waals surface area contributed by atoms with Gasteiger partial charge in [-0.2, -0.15) is 0 Å². The number of fused-ring (bicyclic) bond motifs is 1. The van der Waals surface area contributed by atoms with Crippen molar-refractivity contribution in [3.05, 3.63) is 83.9 Å². The highest BCUT2D eigenvalue weighted by molar-refractivity contribution is 7.92. The van der Waals surface area contributed by atoms with Gasteiger partial charge in [0.1, 0.15) is 0 Å². The third-order valence-corrected chi connectivity index (χ3v) is 7.90. The predicted molar refractivity (Wildman–Crippen MR) is 143 cm³/mol. The summed E-state index contributed by atoms with van der Waals surface area (Å²) in [5.74, 6) is -0.223. The second-order valence-electron chi connectivity index (χ2n) is 8.58. The number of nitrogens with zero attached hydrogens (tertiary/aromatic N) is 3. The molecule has 1 N–H and O–H groups in total. The molecule has 0 aliphatic rings. The molecule has 4 rings (SSSR count). The molecule has 0 spiro atoms. The van der Waals surface area contributed by atoms with Gasteiger partial charge < -0.3 is 4.90 Å². The van der Waals surface area contributed by atoms with Gasteiger partial charge in [0.15, 0.2) is 5.13 Å². The second-order valence-corrected chi connectivity index (χ2v) is 11.3. The normalized spacial score (nSPS) is 11.7. The molecule has 1 amide bonds. The Hall–Kier alpha value is -3.27.